The van der Waals surface area contributed by atoms with Crippen LogP contribution in [0.3, 0.4) is 0 Å². The van der Waals surface area contributed by atoms with Gasteiger partial charge in [0.15, 0.2) is 0 Å². The van der Waals surface area contributed by atoms with Crippen LogP contribution in [0.5, 0.6) is 0 Å². The Kier molecular flexibility index (Phi) is 4.66. The normalized spacial score (nSPS) is 27.9. The minimum absolute atomic E-state index is 0.0377. The highest BCUT2D eigenvalue weighted by Gasteiger charge is 2.33. The van der Waals surface area contributed by atoms with E-state index in [9.17, 15) is 12.8 Å². The molecule has 4 nitrogen and oxygen atoms in total. The van der Waals surface area contributed by atoms with Crippen molar-refractivity contribution in [1.82, 2.24) is 5.32 Å². The quantitative estimate of drug-likeness (QED) is 0.916. The fourth-order valence-corrected chi connectivity index (χ4v) is 4.62. The molecule has 23 heavy (non-hydrogen) atoms. The van der Waals surface area contributed by atoms with Gasteiger partial charge in [0.25, 0.3) is 0 Å². The van der Waals surface area contributed by atoms with Gasteiger partial charge in [-0.2, -0.15) is 0 Å². The molecular formula is C17H20FNO3S. The first-order valence-electron chi connectivity index (χ1n) is 7.66. The van der Waals surface area contributed by atoms with E-state index in [4.69, 9.17) is 4.74 Å². The van der Waals surface area contributed by atoms with E-state index in [1.807, 2.05) is 6.08 Å². The van der Waals surface area contributed by atoms with Crippen LogP contribution < -0.4 is 5.32 Å². The molecule has 1 saturated heterocycles. The molecule has 1 aliphatic heterocycles. The van der Waals surface area contributed by atoms with Gasteiger partial charge in [-0.15, -0.1) is 0 Å². The lowest BCUT2D eigenvalue weighted by atomic mass is 9.84. The van der Waals surface area contributed by atoms with E-state index >= 15 is 0 Å². The predicted octanol–water partition coefficient (Wildman–Crippen LogP) is 2.29. The molecule has 124 valence electrons. The Bertz CT molecular complexity index is 736. The number of hydrogen-bond acceptors (Lipinski definition) is 4. The molecule has 3 rings (SSSR count). The molecule has 0 radical (unpaired) electrons. The third-order valence-corrected chi connectivity index (χ3v) is 6.29. The number of nitrogens with one attached hydrogen (secondary N) is 1. The van der Waals surface area contributed by atoms with Gasteiger partial charge < -0.3 is 10.1 Å². The molecule has 1 heterocycles. The predicted molar refractivity (Wildman–Crippen MR) is 86.1 cm³/mol. The first-order valence-corrected chi connectivity index (χ1v) is 9.15. The highest BCUT2D eigenvalue weighted by molar-refractivity contribution is 7.95. The number of methoxy groups -OCH3 is 1. The Morgan fingerprint density at radius 1 is 1.35 bits per heavy atom. The zero-order valence-electron chi connectivity index (χ0n) is 12.9. The maximum absolute atomic E-state index is 13.3. The first-order chi connectivity index (χ1) is 11.0. The fourth-order valence-electron chi connectivity index (χ4n) is 3.25. The van der Waals surface area contributed by atoms with Crippen molar-refractivity contribution in [2.24, 2.45) is 11.8 Å². The van der Waals surface area contributed by atoms with Gasteiger partial charge >= 0.3 is 0 Å². The maximum Gasteiger partial charge on any atom is 0.206 e. The van der Waals surface area contributed by atoms with E-state index in [1.54, 1.807) is 19.3 Å². The van der Waals surface area contributed by atoms with E-state index in [-0.39, 0.29) is 21.8 Å². The van der Waals surface area contributed by atoms with Gasteiger partial charge in [-0.1, -0.05) is 12.1 Å². The lowest BCUT2D eigenvalue weighted by molar-refractivity contribution is 0.0847. The standard InChI is InChI=1S/C17H20FNO3S/c1-22-17-10-15(5-6-16(17)12-7-8-19-11-12)23(20,21)14-4-2-3-13(18)9-14/h2-6,9-10,12,16-17,19H,7-8,11H2,1H3/t12-,16?,17?/m1/s1. The van der Waals surface area contributed by atoms with Gasteiger partial charge in [0.1, 0.15) is 5.82 Å². The molecule has 0 spiro atoms. The lowest BCUT2D eigenvalue weighted by Gasteiger charge is -2.29. The van der Waals surface area contributed by atoms with E-state index < -0.39 is 15.7 Å². The second kappa shape index (κ2) is 6.55. The zero-order chi connectivity index (χ0) is 16.4. The SMILES string of the molecule is COC1C=C(S(=O)(=O)c2cccc(F)c2)C=CC1[C@@H]1CCNC1. The van der Waals surface area contributed by atoms with Crippen molar-refractivity contribution < 1.29 is 17.5 Å². The monoisotopic (exact) mass is 337 g/mol. The van der Waals surface area contributed by atoms with Crippen LogP contribution in [-0.2, 0) is 14.6 Å². The first kappa shape index (κ1) is 16.4. The highest BCUT2D eigenvalue weighted by atomic mass is 32.2. The Morgan fingerprint density at radius 3 is 2.83 bits per heavy atom. The average Bonchev–Trinajstić information content (AvgIpc) is 3.08. The van der Waals surface area contributed by atoms with Crippen molar-refractivity contribution in [1.29, 1.82) is 0 Å². The lowest BCUT2D eigenvalue weighted by Crippen LogP contribution is -2.30. The fraction of sp³-hybridized carbons (Fsp3) is 0.412. The van der Waals surface area contributed by atoms with Crippen LogP contribution in [0.25, 0.3) is 0 Å². The second-order valence-corrected chi connectivity index (χ2v) is 7.87. The van der Waals surface area contributed by atoms with Crippen molar-refractivity contribution in [2.75, 3.05) is 20.2 Å². The Labute approximate surface area is 136 Å². The van der Waals surface area contributed by atoms with Crippen LogP contribution in [0.1, 0.15) is 6.42 Å². The molecule has 0 bridgehead atoms. The van der Waals surface area contributed by atoms with Crippen molar-refractivity contribution in [2.45, 2.75) is 17.4 Å². The summed E-state index contributed by atoms with van der Waals surface area (Å²) in [5.41, 5.74) is 0. The topological polar surface area (TPSA) is 55.4 Å². The minimum atomic E-state index is -3.74. The minimum Gasteiger partial charge on any atom is -0.377 e. The summed E-state index contributed by atoms with van der Waals surface area (Å²) in [5.74, 6) is 0.0250. The van der Waals surface area contributed by atoms with Gasteiger partial charge in [-0.05, 0) is 55.8 Å². The molecule has 0 saturated carbocycles. The summed E-state index contributed by atoms with van der Waals surface area (Å²) in [6.07, 6.45) is 5.94. The van der Waals surface area contributed by atoms with Crippen LogP contribution >= 0.6 is 0 Å². The summed E-state index contributed by atoms with van der Waals surface area (Å²) in [6, 6.07) is 5.07. The number of ether oxygens (including phenoxy) is 1. The molecule has 6 heteroatoms. The summed E-state index contributed by atoms with van der Waals surface area (Å²) in [6.45, 7) is 1.89. The molecule has 3 atom stereocenters. The van der Waals surface area contributed by atoms with Gasteiger partial charge in [0.2, 0.25) is 9.84 Å². The Hall–Kier alpha value is -1.50. The summed E-state index contributed by atoms with van der Waals surface area (Å²) >= 11 is 0. The van der Waals surface area contributed by atoms with Crippen LogP contribution in [0.15, 0.2) is 52.3 Å². The zero-order valence-corrected chi connectivity index (χ0v) is 13.7. The molecular weight excluding hydrogens is 317 g/mol. The van der Waals surface area contributed by atoms with Crippen LogP contribution in [0.4, 0.5) is 4.39 Å². The number of sulfone groups is 1. The van der Waals surface area contributed by atoms with Crippen LogP contribution in [-0.4, -0.2) is 34.7 Å². The summed E-state index contributed by atoms with van der Waals surface area (Å²) in [4.78, 5) is 0.126. The third-order valence-electron chi connectivity index (χ3n) is 4.52. The molecule has 1 N–H and O–H groups in total. The Morgan fingerprint density at radius 2 is 2.17 bits per heavy atom. The van der Waals surface area contributed by atoms with Crippen molar-refractivity contribution >= 4 is 9.84 Å². The van der Waals surface area contributed by atoms with Gasteiger partial charge in [-0.25, -0.2) is 12.8 Å². The van der Waals surface area contributed by atoms with E-state index in [0.717, 1.165) is 25.6 Å². The molecule has 1 fully saturated rings. The van der Waals surface area contributed by atoms with E-state index in [2.05, 4.69) is 5.32 Å². The smallest absolute Gasteiger partial charge is 0.206 e. The maximum atomic E-state index is 13.3. The van der Waals surface area contributed by atoms with Crippen molar-refractivity contribution in [3.05, 3.63) is 53.2 Å². The molecule has 1 aliphatic carbocycles. The molecule has 2 unspecified atom stereocenters. The molecule has 1 aromatic rings. The van der Waals surface area contributed by atoms with Gasteiger partial charge in [0, 0.05) is 13.0 Å². The molecule has 0 amide bonds. The summed E-state index contributed by atoms with van der Waals surface area (Å²) < 4.78 is 44.2. The molecule has 2 aliphatic rings. The highest BCUT2D eigenvalue weighted by Crippen LogP contribution is 2.33. The van der Waals surface area contributed by atoms with Crippen LogP contribution in [0, 0.1) is 17.7 Å². The number of benzene rings is 1. The largest absolute Gasteiger partial charge is 0.377 e. The average molecular weight is 337 g/mol. The number of hydrogen-bond donors (Lipinski definition) is 1. The summed E-state index contributed by atoms with van der Waals surface area (Å²) in [5, 5.41) is 3.32. The van der Waals surface area contributed by atoms with Crippen molar-refractivity contribution in [3.8, 4) is 0 Å². The molecule has 1 aromatic carbocycles. The van der Waals surface area contributed by atoms with E-state index in [1.165, 1.54) is 18.2 Å². The van der Waals surface area contributed by atoms with Crippen LogP contribution in [0.2, 0.25) is 0 Å². The number of rotatable bonds is 4. The number of allylic oxidation sites excluding steroid dienone is 1. The Balaban J connectivity index is 1.90. The van der Waals surface area contributed by atoms with Gasteiger partial charge in [0.05, 0.1) is 15.9 Å². The molecule has 0 aromatic heterocycles. The number of halogens is 1. The second-order valence-electron chi connectivity index (χ2n) is 5.92. The third kappa shape index (κ3) is 3.24. The van der Waals surface area contributed by atoms with E-state index in [0.29, 0.717) is 5.92 Å². The summed E-state index contributed by atoms with van der Waals surface area (Å²) in [7, 11) is -2.15. The van der Waals surface area contributed by atoms with Gasteiger partial charge in [-0.3, -0.25) is 0 Å². The van der Waals surface area contributed by atoms with Crippen molar-refractivity contribution in [3.63, 3.8) is 0 Å².